The van der Waals surface area contributed by atoms with Crippen molar-refractivity contribution < 1.29 is 9.47 Å². The minimum absolute atomic E-state index is 0.564. The Morgan fingerprint density at radius 3 is 2.39 bits per heavy atom. The van der Waals surface area contributed by atoms with Crippen molar-refractivity contribution in [3.63, 3.8) is 0 Å². The fraction of sp³-hybridized carbons (Fsp3) is 0.167. The smallest absolute Gasteiger partial charge is 0.222 e. The Kier molecular flexibility index (Phi) is 5.20. The van der Waals surface area contributed by atoms with E-state index in [1.54, 1.807) is 19.4 Å². The second-order valence-electron chi connectivity index (χ2n) is 6.69. The summed E-state index contributed by atoms with van der Waals surface area (Å²) in [7, 11) is 1.67. The lowest BCUT2D eigenvalue weighted by molar-refractivity contribution is 0.414. The molecule has 0 aliphatic heterocycles. The van der Waals surface area contributed by atoms with Crippen LogP contribution in [0.1, 0.15) is 17.0 Å². The maximum Gasteiger partial charge on any atom is 0.222 e. The van der Waals surface area contributed by atoms with Gasteiger partial charge in [-0.3, -0.25) is 0 Å². The third-order valence-corrected chi connectivity index (χ3v) is 4.79. The average Bonchev–Trinajstić information content (AvgIpc) is 2.75. The Bertz CT molecular complexity index is 1090. The van der Waals surface area contributed by atoms with E-state index in [4.69, 9.17) is 9.47 Å². The quantitative estimate of drug-likeness (QED) is 0.448. The fourth-order valence-corrected chi connectivity index (χ4v) is 3.23. The lowest BCUT2D eigenvalue weighted by atomic mass is 10.1. The molecule has 0 bridgehead atoms. The highest BCUT2D eigenvalue weighted by atomic mass is 16.5. The Hall–Kier alpha value is -3.40. The number of benzene rings is 3. The van der Waals surface area contributed by atoms with Crippen molar-refractivity contribution in [1.82, 2.24) is 9.97 Å². The van der Waals surface area contributed by atoms with Crippen LogP contribution in [0.5, 0.6) is 17.4 Å². The van der Waals surface area contributed by atoms with Crippen molar-refractivity contribution in [2.24, 2.45) is 0 Å². The van der Waals surface area contributed by atoms with Crippen molar-refractivity contribution >= 4 is 10.8 Å². The molecule has 0 aliphatic rings. The largest absolute Gasteiger partial charge is 0.497 e. The van der Waals surface area contributed by atoms with Crippen LogP contribution in [0.2, 0.25) is 0 Å². The first-order valence-corrected chi connectivity index (χ1v) is 9.34. The molecule has 4 rings (SSSR count). The van der Waals surface area contributed by atoms with Gasteiger partial charge >= 0.3 is 0 Å². The molecule has 0 N–H and O–H groups in total. The topological polar surface area (TPSA) is 44.2 Å². The first-order valence-electron chi connectivity index (χ1n) is 9.34. The van der Waals surface area contributed by atoms with Crippen LogP contribution < -0.4 is 9.47 Å². The summed E-state index contributed by atoms with van der Waals surface area (Å²) < 4.78 is 11.3. The van der Waals surface area contributed by atoms with E-state index >= 15 is 0 Å². The van der Waals surface area contributed by atoms with Gasteiger partial charge in [0.2, 0.25) is 5.88 Å². The molecule has 4 heteroatoms. The molecule has 0 fully saturated rings. The van der Waals surface area contributed by atoms with Gasteiger partial charge in [0.25, 0.3) is 0 Å². The van der Waals surface area contributed by atoms with Gasteiger partial charge in [-0.25, -0.2) is 4.98 Å². The predicted molar refractivity (Wildman–Crippen MR) is 111 cm³/mol. The molecule has 28 heavy (non-hydrogen) atoms. The summed E-state index contributed by atoms with van der Waals surface area (Å²) in [5.74, 6) is 3.00. The zero-order valence-electron chi connectivity index (χ0n) is 16.1. The van der Waals surface area contributed by atoms with E-state index in [0.29, 0.717) is 5.88 Å². The van der Waals surface area contributed by atoms with Gasteiger partial charge in [0.1, 0.15) is 17.3 Å². The van der Waals surface area contributed by atoms with Crippen LogP contribution in [0.3, 0.4) is 0 Å². The average molecular weight is 370 g/mol. The van der Waals surface area contributed by atoms with Gasteiger partial charge in [-0.1, -0.05) is 42.5 Å². The van der Waals surface area contributed by atoms with Crippen LogP contribution in [-0.2, 0) is 12.8 Å². The van der Waals surface area contributed by atoms with E-state index in [-0.39, 0.29) is 0 Å². The Morgan fingerprint density at radius 1 is 0.821 bits per heavy atom. The van der Waals surface area contributed by atoms with Gasteiger partial charge in [-0.15, -0.1) is 0 Å². The highest BCUT2D eigenvalue weighted by molar-refractivity contribution is 5.91. The molecule has 0 atom stereocenters. The SMILES string of the molecule is COc1ccc(CCc2nccc(Oc3ccc(C)c4ccccc34)n2)cc1. The number of ether oxygens (including phenoxy) is 2. The summed E-state index contributed by atoms with van der Waals surface area (Å²) in [6.07, 6.45) is 3.36. The molecule has 0 saturated carbocycles. The molecule has 1 aromatic heterocycles. The third kappa shape index (κ3) is 3.96. The molecule has 1 heterocycles. The molecular weight excluding hydrogens is 348 g/mol. The highest BCUT2D eigenvalue weighted by Gasteiger charge is 2.08. The van der Waals surface area contributed by atoms with Crippen molar-refractivity contribution in [3.8, 4) is 17.4 Å². The second kappa shape index (κ2) is 8.09. The van der Waals surface area contributed by atoms with Gasteiger partial charge in [0.15, 0.2) is 0 Å². The Labute approximate surface area is 164 Å². The monoisotopic (exact) mass is 370 g/mol. The Balaban J connectivity index is 1.50. The molecule has 4 aromatic rings. The number of hydrogen-bond acceptors (Lipinski definition) is 4. The molecule has 0 unspecified atom stereocenters. The number of nitrogens with zero attached hydrogens (tertiary/aromatic N) is 2. The number of fused-ring (bicyclic) bond motifs is 1. The number of aromatic nitrogens is 2. The summed E-state index contributed by atoms with van der Waals surface area (Å²) in [6, 6.07) is 22.2. The normalized spacial score (nSPS) is 10.8. The molecule has 4 nitrogen and oxygen atoms in total. The number of methoxy groups -OCH3 is 1. The summed E-state index contributed by atoms with van der Waals surface area (Å²) in [5, 5.41) is 2.27. The third-order valence-electron chi connectivity index (χ3n) is 4.79. The van der Waals surface area contributed by atoms with Crippen LogP contribution in [-0.4, -0.2) is 17.1 Å². The maximum atomic E-state index is 6.10. The van der Waals surface area contributed by atoms with Crippen molar-refractivity contribution in [2.75, 3.05) is 7.11 Å². The lowest BCUT2D eigenvalue weighted by Crippen LogP contribution is -2.00. The van der Waals surface area contributed by atoms with E-state index in [2.05, 4.69) is 47.2 Å². The van der Waals surface area contributed by atoms with E-state index in [1.165, 1.54) is 16.5 Å². The van der Waals surface area contributed by atoms with Gasteiger partial charge < -0.3 is 9.47 Å². The summed E-state index contributed by atoms with van der Waals surface area (Å²) in [5.41, 5.74) is 2.45. The molecule has 0 aliphatic carbocycles. The van der Waals surface area contributed by atoms with Crippen molar-refractivity contribution in [2.45, 2.75) is 19.8 Å². The van der Waals surface area contributed by atoms with E-state index in [0.717, 1.165) is 35.6 Å². The predicted octanol–water partition coefficient (Wildman–Crippen LogP) is 5.52. The van der Waals surface area contributed by atoms with Gasteiger partial charge in [0.05, 0.1) is 7.11 Å². The van der Waals surface area contributed by atoms with Gasteiger partial charge in [0, 0.05) is 24.1 Å². The molecule has 0 spiro atoms. The minimum atomic E-state index is 0.564. The molecule has 0 saturated heterocycles. The van der Waals surface area contributed by atoms with Gasteiger partial charge in [-0.05, 0) is 48.1 Å². The second-order valence-corrected chi connectivity index (χ2v) is 6.69. The Morgan fingerprint density at radius 2 is 1.61 bits per heavy atom. The molecule has 0 amide bonds. The van der Waals surface area contributed by atoms with Crippen LogP contribution >= 0.6 is 0 Å². The standard InChI is InChI=1S/C24H22N2O2/c1-17-7-13-22(21-6-4-3-5-20(17)21)28-24-15-16-25-23(26-24)14-10-18-8-11-19(27-2)12-9-18/h3-9,11-13,15-16H,10,14H2,1-2H3. The zero-order valence-corrected chi connectivity index (χ0v) is 16.1. The number of aryl methyl sites for hydroxylation is 3. The van der Waals surface area contributed by atoms with E-state index in [1.807, 2.05) is 30.3 Å². The summed E-state index contributed by atoms with van der Waals surface area (Å²) >= 11 is 0. The minimum Gasteiger partial charge on any atom is -0.497 e. The van der Waals surface area contributed by atoms with E-state index < -0.39 is 0 Å². The highest BCUT2D eigenvalue weighted by Crippen LogP contribution is 2.31. The van der Waals surface area contributed by atoms with Gasteiger partial charge in [-0.2, -0.15) is 4.98 Å². The van der Waals surface area contributed by atoms with Crippen LogP contribution in [0, 0.1) is 6.92 Å². The first-order chi connectivity index (χ1) is 13.7. The fourth-order valence-electron chi connectivity index (χ4n) is 3.23. The maximum absolute atomic E-state index is 6.10. The summed E-state index contributed by atoms with van der Waals surface area (Å²) in [4.78, 5) is 8.98. The van der Waals surface area contributed by atoms with Crippen molar-refractivity contribution in [1.29, 1.82) is 0 Å². The summed E-state index contributed by atoms with van der Waals surface area (Å²) in [6.45, 7) is 2.11. The van der Waals surface area contributed by atoms with Crippen LogP contribution in [0.25, 0.3) is 10.8 Å². The molecule has 140 valence electrons. The van der Waals surface area contributed by atoms with Crippen LogP contribution in [0.15, 0.2) is 72.9 Å². The zero-order chi connectivity index (χ0) is 19.3. The molecule has 0 radical (unpaired) electrons. The van der Waals surface area contributed by atoms with E-state index in [9.17, 15) is 0 Å². The molecular formula is C24H22N2O2. The first kappa shape index (κ1) is 18.0. The number of rotatable bonds is 6. The number of hydrogen-bond donors (Lipinski definition) is 0. The molecule has 3 aromatic carbocycles. The van der Waals surface area contributed by atoms with Crippen molar-refractivity contribution in [3.05, 3.63) is 89.9 Å². The lowest BCUT2D eigenvalue weighted by Gasteiger charge is -2.10. The van der Waals surface area contributed by atoms with Crippen LogP contribution in [0.4, 0.5) is 0 Å².